The number of fused-ring (bicyclic) bond motifs is 1. The van der Waals surface area contributed by atoms with Gasteiger partial charge in [-0.2, -0.15) is 0 Å². The lowest BCUT2D eigenvalue weighted by Gasteiger charge is -2.08. The summed E-state index contributed by atoms with van der Waals surface area (Å²) in [6.07, 6.45) is 2.83. The predicted octanol–water partition coefficient (Wildman–Crippen LogP) is 3.90. The number of hydrogen-bond donors (Lipinski definition) is 1. The molecule has 0 aliphatic rings. The molecule has 22 heavy (non-hydrogen) atoms. The van der Waals surface area contributed by atoms with Crippen molar-refractivity contribution in [1.82, 2.24) is 15.1 Å². The number of aryl methyl sites for hydroxylation is 3. The predicted molar refractivity (Wildman–Crippen MR) is 89.6 cm³/mol. The minimum atomic E-state index is 0.849. The molecule has 0 aromatic carbocycles. The fourth-order valence-corrected chi connectivity index (χ4v) is 3.31. The van der Waals surface area contributed by atoms with Crippen molar-refractivity contribution in [2.75, 3.05) is 11.9 Å². The van der Waals surface area contributed by atoms with Crippen molar-refractivity contribution in [3.63, 3.8) is 0 Å². The second-order valence-electron chi connectivity index (χ2n) is 5.31. The molecule has 3 heterocycles. The zero-order chi connectivity index (χ0) is 15.5. The molecule has 0 unspecified atom stereocenters. The molecule has 0 saturated carbocycles. The topological polar surface area (TPSA) is 63.8 Å². The van der Waals surface area contributed by atoms with Gasteiger partial charge in [0.05, 0.1) is 11.1 Å². The Labute approximate surface area is 133 Å². The van der Waals surface area contributed by atoms with Gasteiger partial charge in [0.25, 0.3) is 0 Å². The lowest BCUT2D eigenvalue weighted by Crippen LogP contribution is -2.07. The van der Waals surface area contributed by atoms with Gasteiger partial charge in [-0.25, -0.2) is 9.97 Å². The van der Waals surface area contributed by atoms with E-state index < -0.39 is 0 Å². The highest BCUT2D eigenvalue weighted by atomic mass is 32.1. The number of aromatic nitrogens is 3. The number of anilines is 1. The summed E-state index contributed by atoms with van der Waals surface area (Å²) in [6.45, 7) is 6.91. The standard InChI is InChI=1S/C16H20N4OS/c1-4-14-18-15(13-7-9-22-16(13)19-14)17-8-5-6-12-10(2)20-21-11(12)3/h7,9H,4-6,8H2,1-3H3,(H,17,18,19). The molecule has 0 saturated heterocycles. The van der Waals surface area contributed by atoms with Crippen molar-refractivity contribution in [1.29, 1.82) is 0 Å². The molecule has 116 valence electrons. The molecule has 3 aromatic rings. The van der Waals surface area contributed by atoms with Crippen molar-refractivity contribution in [2.24, 2.45) is 0 Å². The zero-order valence-electron chi connectivity index (χ0n) is 13.1. The Kier molecular flexibility index (Phi) is 4.38. The van der Waals surface area contributed by atoms with E-state index in [1.807, 2.05) is 13.8 Å². The molecule has 0 aliphatic heterocycles. The molecule has 0 aliphatic carbocycles. The summed E-state index contributed by atoms with van der Waals surface area (Å²) in [5, 5.41) is 10.6. The molecule has 0 fully saturated rings. The third kappa shape index (κ3) is 2.97. The van der Waals surface area contributed by atoms with Crippen LogP contribution in [0.25, 0.3) is 10.2 Å². The van der Waals surface area contributed by atoms with E-state index in [1.54, 1.807) is 11.3 Å². The lowest BCUT2D eigenvalue weighted by molar-refractivity contribution is 0.392. The van der Waals surface area contributed by atoms with Gasteiger partial charge < -0.3 is 9.84 Å². The summed E-state index contributed by atoms with van der Waals surface area (Å²) >= 11 is 1.66. The van der Waals surface area contributed by atoms with Crippen LogP contribution in [0.3, 0.4) is 0 Å². The first-order chi connectivity index (χ1) is 10.7. The normalized spacial score (nSPS) is 11.2. The van der Waals surface area contributed by atoms with E-state index in [0.29, 0.717) is 0 Å². The maximum atomic E-state index is 5.20. The second-order valence-corrected chi connectivity index (χ2v) is 6.21. The highest BCUT2D eigenvalue weighted by Gasteiger charge is 2.10. The van der Waals surface area contributed by atoms with Crippen molar-refractivity contribution in [3.05, 3.63) is 34.3 Å². The Bertz CT molecular complexity index is 758. The Balaban J connectivity index is 1.65. The van der Waals surface area contributed by atoms with Gasteiger partial charge >= 0.3 is 0 Å². The average Bonchev–Trinajstić information content (AvgIpc) is 3.11. The Morgan fingerprint density at radius 1 is 1.27 bits per heavy atom. The van der Waals surface area contributed by atoms with Gasteiger partial charge in [0.1, 0.15) is 22.2 Å². The molecule has 3 aromatic heterocycles. The van der Waals surface area contributed by atoms with Crippen LogP contribution in [0.4, 0.5) is 5.82 Å². The molecule has 5 nitrogen and oxygen atoms in total. The van der Waals surface area contributed by atoms with Gasteiger partial charge in [-0.15, -0.1) is 11.3 Å². The van der Waals surface area contributed by atoms with E-state index >= 15 is 0 Å². The van der Waals surface area contributed by atoms with Crippen LogP contribution in [-0.2, 0) is 12.8 Å². The Hall–Kier alpha value is -1.95. The van der Waals surface area contributed by atoms with Crippen LogP contribution in [0.1, 0.15) is 36.2 Å². The van der Waals surface area contributed by atoms with Crippen molar-refractivity contribution < 1.29 is 4.52 Å². The molecule has 0 amide bonds. The summed E-state index contributed by atoms with van der Waals surface area (Å²) < 4.78 is 5.20. The van der Waals surface area contributed by atoms with Crippen LogP contribution in [0.5, 0.6) is 0 Å². The van der Waals surface area contributed by atoms with Gasteiger partial charge in [0.2, 0.25) is 0 Å². The summed E-state index contributed by atoms with van der Waals surface area (Å²) in [5.41, 5.74) is 2.22. The Morgan fingerprint density at radius 3 is 2.86 bits per heavy atom. The lowest BCUT2D eigenvalue weighted by atomic mass is 10.1. The SMILES string of the molecule is CCc1nc(NCCCc2c(C)noc2C)c2ccsc2n1. The average molecular weight is 316 g/mol. The molecule has 0 bridgehead atoms. The first-order valence-electron chi connectivity index (χ1n) is 7.58. The maximum Gasteiger partial charge on any atom is 0.138 e. The van der Waals surface area contributed by atoms with E-state index in [9.17, 15) is 0 Å². The fraction of sp³-hybridized carbons (Fsp3) is 0.438. The molecule has 6 heteroatoms. The highest BCUT2D eigenvalue weighted by Crippen LogP contribution is 2.25. The van der Waals surface area contributed by atoms with Crippen LogP contribution >= 0.6 is 11.3 Å². The third-order valence-corrected chi connectivity index (χ3v) is 4.57. The first kappa shape index (κ1) is 15.0. The number of hydrogen-bond acceptors (Lipinski definition) is 6. The van der Waals surface area contributed by atoms with E-state index in [2.05, 4.69) is 38.8 Å². The largest absolute Gasteiger partial charge is 0.369 e. The molecule has 3 rings (SSSR count). The third-order valence-electron chi connectivity index (χ3n) is 3.76. The summed E-state index contributed by atoms with van der Waals surface area (Å²) in [6, 6.07) is 2.08. The highest BCUT2D eigenvalue weighted by molar-refractivity contribution is 7.16. The zero-order valence-corrected chi connectivity index (χ0v) is 14.0. The minimum Gasteiger partial charge on any atom is -0.369 e. The smallest absolute Gasteiger partial charge is 0.138 e. The summed E-state index contributed by atoms with van der Waals surface area (Å²) in [4.78, 5) is 10.2. The molecule has 0 radical (unpaired) electrons. The van der Waals surface area contributed by atoms with Crippen LogP contribution < -0.4 is 5.32 Å². The van der Waals surface area contributed by atoms with Crippen LogP contribution in [-0.4, -0.2) is 21.7 Å². The van der Waals surface area contributed by atoms with Crippen LogP contribution in [0.2, 0.25) is 0 Å². The molecule has 1 N–H and O–H groups in total. The van der Waals surface area contributed by atoms with Crippen molar-refractivity contribution in [2.45, 2.75) is 40.0 Å². The maximum absolute atomic E-state index is 5.20. The van der Waals surface area contributed by atoms with Crippen LogP contribution in [0, 0.1) is 13.8 Å². The minimum absolute atomic E-state index is 0.849. The summed E-state index contributed by atoms with van der Waals surface area (Å²) in [7, 11) is 0. The van der Waals surface area contributed by atoms with Gasteiger partial charge in [-0.1, -0.05) is 12.1 Å². The Morgan fingerprint density at radius 2 is 2.14 bits per heavy atom. The number of nitrogens with zero attached hydrogens (tertiary/aromatic N) is 3. The van der Waals surface area contributed by atoms with Crippen molar-refractivity contribution >= 4 is 27.4 Å². The molecule has 0 atom stereocenters. The monoisotopic (exact) mass is 316 g/mol. The number of thiophene rings is 1. The number of nitrogens with one attached hydrogen (secondary N) is 1. The van der Waals surface area contributed by atoms with Gasteiger partial charge in [-0.3, -0.25) is 0 Å². The molecule has 0 spiro atoms. The summed E-state index contributed by atoms with van der Waals surface area (Å²) in [5.74, 6) is 2.76. The van der Waals surface area contributed by atoms with E-state index in [-0.39, 0.29) is 0 Å². The molecular formula is C16H20N4OS. The fourth-order valence-electron chi connectivity index (χ4n) is 2.52. The van der Waals surface area contributed by atoms with Crippen molar-refractivity contribution in [3.8, 4) is 0 Å². The van der Waals surface area contributed by atoms with E-state index in [0.717, 1.165) is 59.1 Å². The van der Waals surface area contributed by atoms with E-state index in [1.165, 1.54) is 5.56 Å². The van der Waals surface area contributed by atoms with Gasteiger partial charge in [0.15, 0.2) is 0 Å². The van der Waals surface area contributed by atoms with Gasteiger partial charge in [0, 0.05) is 18.5 Å². The van der Waals surface area contributed by atoms with Gasteiger partial charge in [-0.05, 0) is 38.1 Å². The first-order valence-corrected chi connectivity index (χ1v) is 8.46. The number of rotatable bonds is 6. The second kappa shape index (κ2) is 6.44. The quantitative estimate of drug-likeness (QED) is 0.699. The van der Waals surface area contributed by atoms with Crippen LogP contribution in [0.15, 0.2) is 16.0 Å². The molecular weight excluding hydrogens is 296 g/mol. The van der Waals surface area contributed by atoms with E-state index in [4.69, 9.17) is 4.52 Å².